The topological polar surface area (TPSA) is 71.0 Å². The molecule has 10 heteroatoms. The van der Waals surface area contributed by atoms with Crippen LogP contribution in [0.25, 0.3) is 6.08 Å². The van der Waals surface area contributed by atoms with Gasteiger partial charge in [-0.15, -0.1) is 0 Å². The number of alkyl halides is 3. The number of methoxy groups -OCH3 is 1. The van der Waals surface area contributed by atoms with Crippen LogP contribution < -0.4 is 15.0 Å². The number of nitrogens with zero attached hydrogens (tertiary/aromatic N) is 2. The number of hydrogen-bond donors (Lipinski definition) is 1. The summed E-state index contributed by atoms with van der Waals surface area (Å²) in [5, 5.41) is 2.04. The van der Waals surface area contributed by atoms with Gasteiger partial charge in [-0.05, 0) is 60.9 Å². The molecule has 3 rings (SSSR count). The first-order chi connectivity index (χ1) is 15.6. The molecule has 0 fully saturated rings. The number of amides is 2. The molecular weight excluding hydrogens is 455 g/mol. The lowest BCUT2D eigenvalue weighted by Gasteiger charge is -2.19. The summed E-state index contributed by atoms with van der Waals surface area (Å²) in [6.45, 7) is 2.36. The quantitative estimate of drug-likeness (QED) is 0.624. The molecule has 1 heterocycles. The molecule has 0 atom stereocenters. The van der Waals surface area contributed by atoms with Crippen LogP contribution in [-0.4, -0.2) is 42.6 Å². The summed E-state index contributed by atoms with van der Waals surface area (Å²) in [7, 11) is 1.55. The van der Waals surface area contributed by atoms with Crippen molar-refractivity contribution in [2.75, 3.05) is 24.3 Å². The second-order valence-electron chi connectivity index (χ2n) is 7.36. The van der Waals surface area contributed by atoms with Crippen molar-refractivity contribution in [1.82, 2.24) is 5.32 Å². The van der Waals surface area contributed by atoms with Gasteiger partial charge in [0.25, 0.3) is 5.91 Å². The van der Waals surface area contributed by atoms with E-state index in [2.05, 4.69) is 4.99 Å². The number of thioether (sulfide) groups is 1. The monoisotopic (exact) mass is 477 g/mol. The fourth-order valence-electron chi connectivity index (χ4n) is 3.14. The maximum absolute atomic E-state index is 13.2. The van der Waals surface area contributed by atoms with Crippen molar-refractivity contribution in [3.8, 4) is 5.75 Å². The first kappa shape index (κ1) is 24.4. The molecular formula is C23H22F3N3O3S. The highest BCUT2D eigenvalue weighted by Crippen LogP contribution is 2.31. The zero-order valence-electron chi connectivity index (χ0n) is 18.2. The number of nitrogens with one attached hydrogen (secondary N) is 1. The van der Waals surface area contributed by atoms with Gasteiger partial charge in [0.1, 0.15) is 18.0 Å². The predicted molar refractivity (Wildman–Crippen MR) is 123 cm³/mol. The SMILES string of the molecule is COc1ccc(/C=C2\N=C(SCC(=O)NCC(F)(F)F)N(c3cc(C)cc(C)c3)C2=O)cc1. The molecule has 2 amide bonds. The van der Waals surface area contributed by atoms with Crippen molar-refractivity contribution >= 4 is 40.5 Å². The highest BCUT2D eigenvalue weighted by atomic mass is 32.2. The third-order valence-electron chi connectivity index (χ3n) is 4.53. The molecule has 1 aliphatic rings. The van der Waals surface area contributed by atoms with Crippen LogP contribution in [0.15, 0.2) is 53.2 Å². The van der Waals surface area contributed by atoms with Crippen LogP contribution in [0.5, 0.6) is 5.75 Å². The molecule has 0 unspecified atom stereocenters. The van der Waals surface area contributed by atoms with Gasteiger partial charge < -0.3 is 10.1 Å². The Morgan fingerprint density at radius 1 is 1.15 bits per heavy atom. The molecule has 0 radical (unpaired) electrons. The summed E-state index contributed by atoms with van der Waals surface area (Å²) in [4.78, 5) is 30.9. The van der Waals surface area contributed by atoms with E-state index in [1.165, 1.54) is 4.90 Å². The van der Waals surface area contributed by atoms with E-state index in [4.69, 9.17) is 4.74 Å². The van der Waals surface area contributed by atoms with Crippen LogP contribution in [0.4, 0.5) is 18.9 Å². The first-order valence-corrected chi connectivity index (χ1v) is 10.9. The summed E-state index contributed by atoms with van der Waals surface area (Å²) in [6.07, 6.45) is -2.89. The Kier molecular flexibility index (Phi) is 7.47. The minimum Gasteiger partial charge on any atom is -0.497 e. The van der Waals surface area contributed by atoms with Crippen molar-refractivity contribution in [3.05, 3.63) is 64.9 Å². The fourth-order valence-corrected chi connectivity index (χ4v) is 3.98. The number of carbonyl (C=O) groups is 2. The third kappa shape index (κ3) is 6.61. The molecule has 33 heavy (non-hydrogen) atoms. The molecule has 0 spiro atoms. The summed E-state index contributed by atoms with van der Waals surface area (Å²) in [5.41, 5.74) is 3.29. The number of anilines is 1. The van der Waals surface area contributed by atoms with E-state index in [-0.39, 0.29) is 16.6 Å². The van der Waals surface area contributed by atoms with E-state index in [1.54, 1.807) is 49.6 Å². The van der Waals surface area contributed by atoms with E-state index in [1.807, 2.05) is 25.2 Å². The van der Waals surface area contributed by atoms with Gasteiger partial charge in [0.05, 0.1) is 18.6 Å². The Hall–Kier alpha value is -3.27. The Balaban J connectivity index is 1.88. The van der Waals surface area contributed by atoms with Gasteiger partial charge in [-0.3, -0.25) is 14.5 Å². The maximum atomic E-state index is 13.2. The van der Waals surface area contributed by atoms with Crippen molar-refractivity contribution < 1.29 is 27.5 Å². The zero-order valence-corrected chi connectivity index (χ0v) is 19.0. The number of halogens is 3. The van der Waals surface area contributed by atoms with Crippen LogP contribution >= 0.6 is 11.8 Å². The Morgan fingerprint density at radius 3 is 2.36 bits per heavy atom. The van der Waals surface area contributed by atoms with Crippen LogP contribution in [0, 0.1) is 13.8 Å². The highest BCUT2D eigenvalue weighted by Gasteiger charge is 2.33. The third-order valence-corrected chi connectivity index (χ3v) is 5.47. The molecule has 0 aliphatic carbocycles. The summed E-state index contributed by atoms with van der Waals surface area (Å²) >= 11 is 0.896. The minimum absolute atomic E-state index is 0.150. The zero-order chi connectivity index (χ0) is 24.2. The number of aryl methyl sites for hydroxylation is 2. The first-order valence-electron chi connectivity index (χ1n) is 9.89. The van der Waals surface area contributed by atoms with Crippen molar-refractivity contribution in [3.63, 3.8) is 0 Å². The van der Waals surface area contributed by atoms with Crippen molar-refractivity contribution in [1.29, 1.82) is 0 Å². The standard InChI is InChI=1S/C23H22F3N3O3S/c1-14-8-15(2)10-17(9-14)29-21(31)19(11-16-4-6-18(32-3)7-5-16)28-22(29)33-12-20(30)27-13-23(24,25)26/h4-11H,12-13H2,1-3H3,(H,27,30)/b19-11-. The summed E-state index contributed by atoms with van der Waals surface area (Å²) < 4.78 is 42.2. The Morgan fingerprint density at radius 2 is 1.79 bits per heavy atom. The van der Waals surface area contributed by atoms with Crippen LogP contribution in [0.2, 0.25) is 0 Å². The lowest BCUT2D eigenvalue weighted by Crippen LogP contribution is -2.36. The largest absolute Gasteiger partial charge is 0.497 e. The lowest BCUT2D eigenvalue weighted by molar-refractivity contribution is -0.136. The second kappa shape index (κ2) is 10.1. The number of amidine groups is 1. The van der Waals surface area contributed by atoms with Gasteiger partial charge in [-0.1, -0.05) is 30.0 Å². The number of benzene rings is 2. The molecule has 2 aromatic carbocycles. The molecule has 0 saturated carbocycles. The second-order valence-corrected chi connectivity index (χ2v) is 8.31. The van der Waals surface area contributed by atoms with Crippen LogP contribution in [0.3, 0.4) is 0 Å². The van der Waals surface area contributed by atoms with Gasteiger partial charge in [0, 0.05) is 0 Å². The highest BCUT2D eigenvalue weighted by molar-refractivity contribution is 8.14. The molecule has 2 aromatic rings. The number of ether oxygens (including phenoxy) is 1. The van der Waals surface area contributed by atoms with Gasteiger partial charge in [-0.2, -0.15) is 13.2 Å². The maximum Gasteiger partial charge on any atom is 0.405 e. The minimum atomic E-state index is -4.50. The van der Waals surface area contributed by atoms with Gasteiger partial charge >= 0.3 is 6.18 Å². The number of hydrogen-bond acceptors (Lipinski definition) is 5. The number of rotatable bonds is 6. The summed E-state index contributed by atoms with van der Waals surface area (Å²) in [6, 6.07) is 12.6. The number of carbonyl (C=O) groups excluding carboxylic acids is 2. The normalized spacial score (nSPS) is 15.1. The smallest absolute Gasteiger partial charge is 0.405 e. The Bertz CT molecular complexity index is 1090. The molecule has 0 saturated heterocycles. The molecule has 6 nitrogen and oxygen atoms in total. The number of aliphatic imine (C=N–C) groups is 1. The van der Waals surface area contributed by atoms with E-state index < -0.39 is 24.5 Å². The van der Waals surface area contributed by atoms with E-state index in [0.717, 1.165) is 28.5 Å². The summed E-state index contributed by atoms with van der Waals surface area (Å²) in [5.74, 6) is -0.856. The average Bonchev–Trinajstić information content (AvgIpc) is 3.05. The van der Waals surface area contributed by atoms with Gasteiger partial charge in [0.15, 0.2) is 5.17 Å². The van der Waals surface area contributed by atoms with Crippen LogP contribution in [-0.2, 0) is 9.59 Å². The van der Waals surface area contributed by atoms with E-state index in [9.17, 15) is 22.8 Å². The van der Waals surface area contributed by atoms with Crippen molar-refractivity contribution in [2.45, 2.75) is 20.0 Å². The average molecular weight is 478 g/mol. The molecule has 0 bridgehead atoms. The van der Waals surface area contributed by atoms with Gasteiger partial charge in [0.2, 0.25) is 5.91 Å². The Labute approximate surface area is 193 Å². The van der Waals surface area contributed by atoms with E-state index >= 15 is 0 Å². The van der Waals surface area contributed by atoms with Crippen molar-refractivity contribution in [2.24, 2.45) is 4.99 Å². The molecule has 1 aliphatic heterocycles. The fraction of sp³-hybridized carbons (Fsp3) is 0.261. The van der Waals surface area contributed by atoms with Crippen LogP contribution in [0.1, 0.15) is 16.7 Å². The molecule has 0 aromatic heterocycles. The van der Waals surface area contributed by atoms with E-state index in [0.29, 0.717) is 11.4 Å². The van der Waals surface area contributed by atoms with Gasteiger partial charge in [-0.25, -0.2) is 4.99 Å². The lowest BCUT2D eigenvalue weighted by atomic mass is 10.1. The molecule has 174 valence electrons. The molecule has 1 N–H and O–H groups in total. The predicted octanol–water partition coefficient (Wildman–Crippen LogP) is 4.47.